The average Bonchev–Trinajstić information content (AvgIpc) is 2.46. The lowest BCUT2D eigenvalue weighted by Crippen LogP contribution is -2.58. The molecule has 2 aliphatic heterocycles. The van der Waals surface area contributed by atoms with Gasteiger partial charge in [0.25, 0.3) is 0 Å². The summed E-state index contributed by atoms with van der Waals surface area (Å²) in [7, 11) is -2.78. The molecule has 0 spiro atoms. The molecule has 0 saturated carbocycles. The highest BCUT2D eigenvalue weighted by molar-refractivity contribution is 7.91. The van der Waals surface area contributed by atoms with Crippen LogP contribution < -0.4 is 0 Å². The Morgan fingerprint density at radius 2 is 2.00 bits per heavy atom. The topological polar surface area (TPSA) is 37.4 Å². The number of hydrogen-bond donors (Lipinski definition) is 0. The van der Waals surface area contributed by atoms with Gasteiger partial charge in [-0.3, -0.25) is 4.90 Å². The Balaban J connectivity index is 2.33. The number of fused-ring (bicyclic) bond motifs is 1. The van der Waals surface area contributed by atoms with Crippen molar-refractivity contribution in [3.05, 3.63) is 0 Å². The van der Waals surface area contributed by atoms with E-state index in [0.29, 0.717) is 17.4 Å². The van der Waals surface area contributed by atoms with Crippen LogP contribution in [0.15, 0.2) is 0 Å². The lowest BCUT2D eigenvalue weighted by Gasteiger charge is -2.45. The fraction of sp³-hybridized carbons (Fsp3) is 1.00. The highest BCUT2D eigenvalue weighted by Gasteiger charge is 2.49. The predicted molar refractivity (Wildman–Crippen MR) is 57.0 cm³/mol. The summed E-state index contributed by atoms with van der Waals surface area (Å²) in [4.78, 5) is 2.40. The van der Waals surface area contributed by atoms with Gasteiger partial charge in [-0.1, -0.05) is 13.8 Å². The molecule has 2 rings (SSSR count). The largest absolute Gasteiger partial charge is 0.295 e. The van der Waals surface area contributed by atoms with E-state index in [2.05, 4.69) is 18.7 Å². The van der Waals surface area contributed by atoms with E-state index in [0.717, 1.165) is 25.9 Å². The van der Waals surface area contributed by atoms with Crippen molar-refractivity contribution in [2.75, 3.05) is 24.6 Å². The highest BCUT2D eigenvalue weighted by atomic mass is 32.2. The lowest BCUT2D eigenvalue weighted by molar-refractivity contribution is 0.108. The molecule has 0 aromatic rings. The second kappa shape index (κ2) is 3.20. The number of hydrogen-bond acceptors (Lipinski definition) is 3. The smallest absolute Gasteiger partial charge is 0.153 e. The minimum Gasteiger partial charge on any atom is -0.295 e. The minimum absolute atomic E-state index is 0.0307. The first-order valence-corrected chi connectivity index (χ1v) is 7.24. The molecule has 0 aromatic heterocycles. The van der Waals surface area contributed by atoms with Crippen molar-refractivity contribution < 1.29 is 8.42 Å². The first-order valence-electron chi connectivity index (χ1n) is 5.42. The Morgan fingerprint density at radius 3 is 2.64 bits per heavy atom. The molecule has 2 saturated heterocycles. The molecular formula is C10H19NO2S. The molecule has 0 amide bonds. The van der Waals surface area contributed by atoms with Gasteiger partial charge in [0.15, 0.2) is 9.84 Å². The number of rotatable bonds is 1. The summed E-state index contributed by atoms with van der Waals surface area (Å²) in [5, 5.41) is 0. The maximum absolute atomic E-state index is 11.7. The summed E-state index contributed by atoms with van der Waals surface area (Å²) in [6, 6.07) is 0. The second-order valence-electron chi connectivity index (χ2n) is 4.94. The van der Waals surface area contributed by atoms with Crippen molar-refractivity contribution in [3.8, 4) is 0 Å². The van der Waals surface area contributed by atoms with Crippen molar-refractivity contribution in [1.82, 2.24) is 4.90 Å². The van der Waals surface area contributed by atoms with Gasteiger partial charge in [-0.05, 0) is 25.3 Å². The van der Waals surface area contributed by atoms with Gasteiger partial charge in [-0.2, -0.15) is 0 Å². The number of sulfone groups is 1. The highest BCUT2D eigenvalue weighted by Crippen LogP contribution is 2.39. The van der Waals surface area contributed by atoms with Crippen molar-refractivity contribution in [3.63, 3.8) is 0 Å². The Hall–Kier alpha value is -0.0900. The van der Waals surface area contributed by atoms with E-state index < -0.39 is 9.84 Å². The van der Waals surface area contributed by atoms with Gasteiger partial charge in [0.05, 0.1) is 11.5 Å². The van der Waals surface area contributed by atoms with E-state index >= 15 is 0 Å². The molecule has 0 aromatic carbocycles. The summed E-state index contributed by atoms with van der Waals surface area (Å²) in [6.45, 7) is 6.15. The zero-order chi connectivity index (χ0) is 10.4. The van der Waals surface area contributed by atoms with Crippen LogP contribution in [0, 0.1) is 5.92 Å². The molecule has 2 fully saturated rings. The Bertz CT molecular complexity index is 323. The maximum Gasteiger partial charge on any atom is 0.153 e. The molecule has 1 atom stereocenters. The monoisotopic (exact) mass is 217 g/mol. The van der Waals surface area contributed by atoms with Gasteiger partial charge >= 0.3 is 0 Å². The number of nitrogens with zero attached hydrogens (tertiary/aromatic N) is 1. The van der Waals surface area contributed by atoms with Gasteiger partial charge < -0.3 is 0 Å². The Labute approximate surface area is 86.4 Å². The van der Waals surface area contributed by atoms with E-state index in [4.69, 9.17) is 0 Å². The Morgan fingerprint density at radius 1 is 1.29 bits per heavy atom. The average molecular weight is 217 g/mol. The predicted octanol–water partition coefficient (Wildman–Crippen LogP) is 0.905. The van der Waals surface area contributed by atoms with Crippen LogP contribution in [0.4, 0.5) is 0 Å². The molecule has 0 N–H and O–H groups in total. The zero-order valence-electron chi connectivity index (χ0n) is 8.99. The van der Waals surface area contributed by atoms with Gasteiger partial charge in [-0.15, -0.1) is 0 Å². The van der Waals surface area contributed by atoms with E-state index in [1.807, 2.05) is 0 Å². The van der Waals surface area contributed by atoms with Gasteiger partial charge in [-0.25, -0.2) is 8.42 Å². The van der Waals surface area contributed by atoms with Crippen LogP contribution in [0.3, 0.4) is 0 Å². The summed E-state index contributed by atoms with van der Waals surface area (Å²) in [6.07, 6.45) is 2.22. The molecule has 0 bridgehead atoms. The van der Waals surface area contributed by atoms with E-state index in [1.165, 1.54) is 0 Å². The zero-order valence-corrected chi connectivity index (χ0v) is 9.81. The Kier molecular flexibility index (Phi) is 2.39. The van der Waals surface area contributed by atoms with Gasteiger partial charge in [0.2, 0.25) is 0 Å². The molecule has 1 unspecified atom stereocenters. The normalized spacial score (nSPS) is 37.4. The summed E-state index contributed by atoms with van der Waals surface area (Å²) in [5.74, 6) is 1.19. The molecule has 2 aliphatic rings. The maximum atomic E-state index is 11.7. The van der Waals surface area contributed by atoms with Crippen LogP contribution in [0.25, 0.3) is 0 Å². The van der Waals surface area contributed by atoms with Crippen LogP contribution in [-0.2, 0) is 9.84 Å². The lowest BCUT2D eigenvalue weighted by atomic mass is 9.85. The van der Waals surface area contributed by atoms with Crippen LogP contribution in [0.1, 0.15) is 26.7 Å². The molecule has 4 heteroatoms. The summed E-state index contributed by atoms with van der Waals surface area (Å²) < 4.78 is 23.4. The standard InChI is InChI=1S/C10H19NO2S/c1-9(2)10-4-3-5-11(10)6-7-14(12,13)8-10/h9H,3-8H2,1-2H3. The third-order valence-electron chi connectivity index (χ3n) is 3.88. The van der Waals surface area contributed by atoms with Crippen LogP contribution in [0.5, 0.6) is 0 Å². The van der Waals surface area contributed by atoms with E-state index in [9.17, 15) is 8.42 Å². The fourth-order valence-electron chi connectivity index (χ4n) is 2.98. The first-order chi connectivity index (χ1) is 6.46. The first kappa shape index (κ1) is 10.4. The van der Waals surface area contributed by atoms with Crippen LogP contribution in [-0.4, -0.2) is 43.5 Å². The van der Waals surface area contributed by atoms with E-state index in [1.54, 1.807) is 0 Å². The van der Waals surface area contributed by atoms with Crippen molar-refractivity contribution in [1.29, 1.82) is 0 Å². The fourth-order valence-corrected chi connectivity index (χ4v) is 5.04. The molecule has 82 valence electrons. The van der Waals surface area contributed by atoms with Crippen molar-refractivity contribution in [2.24, 2.45) is 5.92 Å². The molecule has 0 radical (unpaired) electrons. The third kappa shape index (κ3) is 1.48. The minimum atomic E-state index is -2.78. The van der Waals surface area contributed by atoms with Gasteiger partial charge in [0.1, 0.15) is 0 Å². The van der Waals surface area contributed by atoms with Crippen molar-refractivity contribution >= 4 is 9.84 Å². The van der Waals surface area contributed by atoms with Gasteiger partial charge in [0, 0.05) is 12.1 Å². The van der Waals surface area contributed by atoms with Crippen molar-refractivity contribution in [2.45, 2.75) is 32.2 Å². The van der Waals surface area contributed by atoms with E-state index in [-0.39, 0.29) is 5.54 Å². The molecule has 0 aliphatic carbocycles. The van der Waals surface area contributed by atoms with Crippen LogP contribution in [0.2, 0.25) is 0 Å². The molecule has 14 heavy (non-hydrogen) atoms. The molecule has 3 nitrogen and oxygen atoms in total. The second-order valence-corrected chi connectivity index (χ2v) is 7.12. The van der Waals surface area contributed by atoms with Crippen LogP contribution >= 0.6 is 0 Å². The third-order valence-corrected chi connectivity index (χ3v) is 5.63. The molecular weight excluding hydrogens is 198 g/mol. The quantitative estimate of drug-likeness (QED) is 0.655. The summed E-state index contributed by atoms with van der Waals surface area (Å²) >= 11 is 0. The molecule has 2 heterocycles. The SMILES string of the molecule is CC(C)C12CCCN1CCS(=O)(=O)C2. The summed E-state index contributed by atoms with van der Waals surface area (Å²) in [5.41, 5.74) is -0.0307.